The molecule has 0 radical (unpaired) electrons. The second-order valence-corrected chi connectivity index (χ2v) is 10.1. The largest absolute Gasteiger partial charge is 0.508 e. The fourth-order valence-corrected chi connectivity index (χ4v) is 5.49. The number of aromatic nitrogens is 3. The van der Waals surface area contributed by atoms with Crippen molar-refractivity contribution in [3.8, 4) is 22.9 Å². The number of hydrogen-bond acceptors (Lipinski definition) is 8. The number of methoxy groups -OCH3 is 1. The first-order valence-corrected chi connectivity index (χ1v) is 13.4. The molecule has 1 aliphatic rings. The van der Waals surface area contributed by atoms with E-state index >= 15 is 4.39 Å². The van der Waals surface area contributed by atoms with E-state index in [1.807, 2.05) is 29.2 Å². The number of nitrogens with zero attached hydrogens (tertiary/aromatic N) is 5. The fourth-order valence-electron chi connectivity index (χ4n) is 4.93. The maximum atomic E-state index is 16.1. The summed E-state index contributed by atoms with van der Waals surface area (Å²) in [6, 6.07) is 14.0. The van der Waals surface area contributed by atoms with Crippen molar-refractivity contribution < 1.29 is 23.4 Å². The number of carbonyl (C=O) groups is 1. The number of halogens is 2. The van der Waals surface area contributed by atoms with Crippen molar-refractivity contribution in [1.82, 2.24) is 19.9 Å². The van der Waals surface area contributed by atoms with Crippen LogP contribution in [-0.2, 0) is 4.79 Å². The van der Waals surface area contributed by atoms with Gasteiger partial charge < -0.3 is 19.6 Å². The van der Waals surface area contributed by atoms with Gasteiger partial charge in [0.15, 0.2) is 11.6 Å². The normalized spacial score (nSPS) is 14.2. The van der Waals surface area contributed by atoms with Crippen molar-refractivity contribution >= 4 is 50.8 Å². The number of phenolic OH excluding ortho intramolecular Hbond substituents is 1. The van der Waals surface area contributed by atoms with E-state index in [4.69, 9.17) is 4.74 Å². The van der Waals surface area contributed by atoms with E-state index in [0.29, 0.717) is 34.9 Å². The van der Waals surface area contributed by atoms with Gasteiger partial charge in [0.25, 0.3) is 5.91 Å². The number of hydrogen-bond donors (Lipinski definition) is 1. The average Bonchev–Trinajstić information content (AvgIpc) is 3.49. The molecule has 3 heterocycles. The predicted molar refractivity (Wildman–Crippen MR) is 151 cm³/mol. The van der Waals surface area contributed by atoms with Crippen molar-refractivity contribution in [1.29, 1.82) is 0 Å². The lowest BCUT2D eigenvalue weighted by Gasteiger charge is -2.35. The molecule has 0 unspecified atom stereocenters. The molecular formula is C29H23F2N5O3S. The zero-order chi connectivity index (χ0) is 27.8. The third-order valence-corrected chi connectivity index (χ3v) is 7.58. The number of aromatic hydroxyl groups is 1. The van der Waals surface area contributed by atoms with E-state index in [9.17, 15) is 14.3 Å². The van der Waals surface area contributed by atoms with Gasteiger partial charge in [-0.05, 0) is 34.5 Å². The molecule has 2 aromatic heterocycles. The Morgan fingerprint density at radius 3 is 2.60 bits per heavy atom. The molecule has 1 fully saturated rings. The molecule has 0 saturated carbocycles. The van der Waals surface area contributed by atoms with Crippen LogP contribution in [0.5, 0.6) is 11.8 Å². The number of benzene rings is 3. The molecular weight excluding hydrogens is 536 g/mol. The third kappa shape index (κ3) is 4.68. The highest BCUT2D eigenvalue weighted by Gasteiger charge is 2.27. The zero-order valence-electron chi connectivity index (χ0n) is 21.3. The summed E-state index contributed by atoms with van der Waals surface area (Å²) in [7, 11) is 1.41. The van der Waals surface area contributed by atoms with Gasteiger partial charge in [0.05, 0.1) is 7.11 Å². The molecule has 1 aliphatic heterocycles. The van der Waals surface area contributed by atoms with Crippen LogP contribution in [0.3, 0.4) is 0 Å². The molecule has 6 rings (SSSR count). The fraction of sp³-hybridized carbons (Fsp3) is 0.172. The summed E-state index contributed by atoms with van der Waals surface area (Å²) >= 11 is 1.24. The Labute approximate surface area is 231 Å². The Hall–Kier alpha value is -4.64. The standard InChI is InChI=1S/C29H23F2N5O3S/c1-39-29-33-26-21(7-6-20(25(26)31)22-15-18(37)14-17-4-2-3-5-19(17)22)27(34-29)35-9-11-36(12-10-35)28(38)23(30)16-24-32-8-13-40-24/h2-8,13-16,37H,9-12H2,1H3/b23-16-. The number of phenols is 1. The maximum Gasteiger partial charge on any atom is 0.318 e. The van der Waals surface area contributed by atoms with Crippen LogP contribution in [0.15, 0.2) is 65.9 Å². The summed E-state index contributed by atoms with van der Waals surface area (Å²) in [6.45, 7) is 1.21. The van der Waals surface area contributed by atoms with Crippen molar-refractivity contribution in [2.45, 2.75) is 0 Å². The Bertz CT molecular complexity index is 1770. The first-order valence-electron chi connectivity index (χ1n) is 12.5. The van der Waals surface area contributed by atoms with Crippen LogP contribution >= 0.6 is 11.3 Å². The van der Waals surface area contributed by atoms with E-state index in [-0.39, 0.29) is 35.9 Å². The molecule has 1 saturated heterocycles. The Kier molecular flexibility index (Phi) is 6.72. The minimum Gasteiger partial charge on any atom is -0.508 e. The number of carbonyl (C=O) groups excluding carboxylic acids is 1. The van der Waals surface area contributed by atoms with E-state index in [0.717, 1.165) is 16.8 Å². The lowest BCUT2D eigenvalue weighted by Crippen LogP contribution is -2.49. The molecule has 0 spiro atoms. The van der Waals surface area contributed by atoms with Gasteiger partial charge in [-0.15, -0.1) is 11.3 Å². The first-order chi connectivity index (χ1) is 19.4. The van der Waals surface area contributed by atoms with E-state index in [1.165, 1.54) is 29.4 Å². The average molecular weight is 560 g/mol. The molecule has 202 valence electrons. The van der Waals surface area contributed by atoms with Crippen LogP contribution in [0.4, 0.5) is 14.6 Å². The summed E-state index contributed by atoms with van der Waals surface area (Å²) in [5.41, 5.74) is 0.890. The monoisotopic (exact) mass is 559 g/mol. The van der Waals surface area contributed by atoms with Crippen LogP contribution in [0, 0.1) is 5.82 Å². The summed E-state index contributed by atoms with van der Waals surface area (Å²) in [6.07, 6.45) is 2.68. The number of thiazole rings is 1. The number of ether oxygens (including phenoxy) is 1. The van der Waals surface area contributed by atoms with Crippen LogP contribution in [-0.4, -0.2) is 64.2 Å². The third-order valence-electron chi connectivity index (χ3n) is 6.86. The topological polar surface area (TPSA) is 91.7 Å². The first kappa shape index (κ1) is 25.6. The maximum absolute atomic E-state index is 16.1. The number of piperazine rings is 1. The smallest absolute Gasteiger partial charge is 0.318 e. The second-order valence-electron chi connectivity index (χ2n) is 9.21. The Morgan fingerprint density at radius 2 is 1.85 bits per heavy atom. The van der Waals surface area contributed by atoms with Crippen LogP contribution in [0.1, 0.15) is 5.01 Å². The number of rotatable bonds is 5. The summed E-state index contributed by atoms with van der Waals surface area (Å²) in [5, 5.41) is 14.5. The van der Waals surface area contributed by atoms with Crippen molar-refractivity contribution in [3.63, 3.8) is 0 Å². The predicted octanol–water partition coefficient (Wildman–Crippen LogP) is 5.42. The molecule has 3 aromatic carbocycles. The summed E-state index contributed by atoms with van der Waals surface area (Å²) in [4.78, 5) is 28.8. The molecule has 5 aromatic rings. The zero-order valence-corrected chi connectivity index (χ0v) is 22.2. The van der Waals surface area contributed by atoms with Crippen LogP contribution in [0.2, 0.25) is 0 Å². The van der Waals surface area contributed by atoms with Crippen LogP contribution < -0.4 is 9.64 Å². The molecule has 0 aliphatic carbocycles. The van der Waals surface area contributed by atoms with Gasteiger partial charge >= 0.3 is 6.01 Å². The highest BCUT2D eigenvalue weighted by Crippen LogP contribution is 2.38. The van der Waals surface area contributed by atoms with Gasteiger partial charge in [-0.3, -0.25) is 4.79 Å². The lowest BCUT2D eigenvalue weighted by molar-refractivity contribution is -0.128. The van der Waals surface area contributed by atoms with Gasteiger partial charge in [0, 0.05) is 54.8 Å². The van der Waals surface area contributed by atoms with Crippen molar-refractivity contribution in [2.24, 2.45) is 0 Å². The van der Waals surface area contributed by atoms with E-state index in [2.05, 4.69) is 15.0 Å². The van der Waals surface area contributed by atoms with Gasteiger partial charge in [0.1, 0.15) is 22.1 Å². The Morgan fingerprint density at radius 1 is 1.05 bits per heavy atom. The minimum atomic E-state index is -0.869. The van der Waals surface area contributed by atoms with Gasteiger partial charge in [-0.1, -0.05) is 30.3 Å². The number of amides is 1. The van der Waals surface area contributed by atoms with Crippen molar-refractivity contribution in [2.75, 3.05) is 38.2 Å². The van der Waals surface area contributed by atoms with Gasteiger partial charge in [0.2, 0.25) is 0 Å². The molecule has 40 heavy (non-hydrogen) atoms. The molecule has 1 N–H and O–H groups in total. The molecule has 0 bridgehead atoms. The van der Waals surface area contributed by atoms with E-state index < -0.39 is 17.6 Å². The SMILES string of the molecule is COc1nc(N2CCN(C(=O)/C(F)=C/c3nccs3)CC2)c2ccc(-c3cc(O)cc4ccccc34)c(F)c2n1. The van der Waals surface area contributed by atoms with E-state index in [1.54, 1.807) is 29.8 Å². The lowest BCUT2D eigenvalue weighted by atomic mass is 9.96. The molecule has 11 heteroatoms. The number of anilines is 1. The van der Waals surface area contributed by atoms with Gasteiger partial charge in [-0.2, -0.15) is 9.97 Å². The summed E-state index contributed by atoms with van der Waals surface area (Å²) in [5.74, 6) is -1.66. The molecule has 0 atom stereocenters. The highest BCUT2D eigenvalue weighted by molar-refractivity contribution is 7.10. The molecule has 8 nitrogen and oxygen atoms in total. The van der Waals surface area contributed by atoms with Crippen LogP contribution in [0.25, 0.3) is 38.9 Å². The number of fused-ring (bicyclic) bond motifs is 2. The second kappa shape index (κ2) is 10.5. The summed E-state index contributed by atoms with van der Waals surface area (Å²) < 4.78 is 36.0. The Balaban J connectivity index is 1.33. The van der Waals surface area contributed by atoms with Gasteiger partial charge in [-0.25, -0.2) is 13.8 Å². The molecule has 1 amide bonds. The quantitative estimate of drug-likeness (QED) is 0.288. The van der Waals surface area contributed by atoms with Crippen molar-refractivity contribution in [3.05, 3.63) is 76.8 Å². The highest BCUT2D eigenvalue weighted by atomic mass is 32.1. The minimum absolute atomic E-state index is 0.00440.